The lowest BCUT2D eigenvalue weighted by Gasteiger charge is -2.31. The number of rotatable bonds is 5. The lowest BCUT2D eigenvalue weighted by Crippen LogP contribution is -2.42. The van der Waals surface area contributed by atoms with Gasteiger partial charge in [-0.2, -0.15) is 0 Å². The Labute approximate surface area is 144 Å². The van der Waals surface area contributed by atoms with Crippen molar-refractivity contribution < 1.29 is 13.2 Å². The number of nitrogens with one attached hydrogen (secondary N) is 1. The first kappa shape index (κ1) is 17.4. The van der Waals surface area contributed by atoms with E-state index in [4.69, 9.17) is 0 Å². The topological polar surface area (TPSA) is 66.5 Å². The molecule has 0 aromatic heterocycles. The Kier molecular flexibility index (Phi) is 4.97. The van der Waals surface area contributed by atoms with Gasteiger partial charge in [0.25, 0.3) is 5.91 Å². The quantitative estimate of drug-likeness (QED) is 0.886. The van der Waals surface area contributed by atoms with E-state index in [1.54, 1.807) is 4.31 Å². The number of carbonyl (C=O) groups excluding carboxylic acids is 1. The highest BCUT2D eigenvalue weighted by Crippen LogP contribution is 2.33. The number of piperidine rings is 1. The van der Waals surface area contributed by atoms with Gasteiger partial charge in [-0.25, -0.2) is 12.7 Å². The Bertz CT molecular complexity index is 698. The van der Waals surface area contributed by atoms with Crippen LogP contribution < -0.4 is 5.32 Å². The maximum absolute atomic E-state index is 12.3. The molecule has 2 fully saturated rings. The Morgan fingerprint density at radius 3 is 2.21 bits per heavy atom. The number of sulfonamides is 1. The van der Waals surface area contributed by atoms with Crippen LogP contribution in [0.1, 0.15) is 47.2 Å². The molecule has 0 radical (unpaired) electrons. The maximum Gasteiger partial charge on any atom is 0.251 e. The molecule has 24 heavy (non-hydrogen) atoms. The molecule has 0 atom stereocenters. The van der Waals surface area contributed by atoms with Crippen molar-refractivity contribution in [2.24, 2.45) is 5.92 Å². The molecule has 0 bridgehead atoms. The predicted octanol–water partition coefficient (Wildman–Crippen LogP) is 2.24. The summed E-state index contributed by atoms with van der Waals surface area (Å²) < 4.78 is 26.1. The molecule has 6 heteroatoms. The minimum Gasteiger partial charge on any atom is -0.352 e. The van der Waals surface area contributed by atoms with E-state index in [0.29, 0.717) is 31.1 Å². The van der Waals surface area contributed by atoms with Crippen molar-refractivity contribution in [2.45, 2.75) is 44.8 Å². The summed E-state index contributed by atoms with van der Waals surface area (Å²) in [5, 5.41) is 2.88. The molecule has 1 heterocycles. The maximum atomic E-state index is 12.3. The highest BCUT2D eigenvalue weighted by molar-refractivity contribution is 7.90. The van der Waals surface area contributed by atoms with Crippen LogP contribution in [0.4, 0.5) is 0 Å². The number of hydrogen-bond acceptors (Lipinski definition) is 3. The molecular formula is C18H26N2O3S. The van der Waals surface area contributed by atoms with Gasteiger partial charge in [0, 0.05) is 25.2 Å². The fourth-order valence-electron chi connectivity index (χ4n) is 3.39. The first-order valence-electron chi connectivity index (χ1n) is 8.72. The molecule has 5 nitrogen and oxygen atoms in total. The highest BCUT2D eigenvalue weighted by Gasteiger charge is 2.41. The Hall–Kier alpha value is -1.40. The Morgan fingerprint density at radius 1 is 1.08 bits per heavy atom. The number of amides is 1. The van der Waals surface area contributed by atoms with Crippen LogP contribution in [0.15, 0.2) is 18.2 Å². The summed E-state index contributed by atoms with van der Waals surface area (Å²) in [6, 6.07) is 5.84. The van der Waals surface area contributed by atoms with Crippen molar-refractivity contribution in [1.82, 2.24) is 9.62 Å². The summed E-state index contributed by atoms with van der Waals surface area (Å²) >= 11 is 0. The molecular weight excluding hydrogens is 324 g/mol. The number of benzene rings is 1. The number of carbonyl (C=O) groups is 1. The molecule has 1 N–H and O–H groups in total. The molecule has 0 unspecified atom stereocenters. The summed E-state index contributed by atoms with van der Waals surface area (Å²) in [5.74, 6) is 0.306. The van der Waals surface area contributed by atoms with Gasteiger partial charge in [0.1, 0.15) is 0 Å². The average Bonchev–Trinajstić information content (AvgIpc) is 3.37. The zero-order chi connectivity index (χ0) is 17.3. The van der Waals surface area contributed by atoms with Gasteiger partial charge in [-0.3, -0.25) is 4.79 Å². The van der Waals surface area contributed by atoms with Gasteiger partial charge in [-0.15, -0.1) is 0 Å². The Balaban J connectivity index is 1.49. The first-order chi connectivity index (χ1) is 11.4. The van der Waals surface area contributed by atoms with E-state index in [9.17, 15) is 13.2 Å². The van der Waals surface area contributed by atoms with Gasteiger partial charge in [-0.1, -0.05) is 17.2 Å². The molecule has 2 aliphatic rings. The third kappa shape index (κ3) is 3.98. The van der Waals surface area contributed by atoms with E-state index in [-0.39, 0.29) is 11.2 Å². The standard InChI is InChI=1S/C18H26N2O3S/c1-13-9-14(2)11-16(10-13)18(21)19-12-15-5-7-20(8-6-15)24(22,23)17-3-4-17/h9-11,15,17H,3-8,12H2,1-2H3,(H,19,21). The highest BCUT2D eigenvalue weighted by atomic mass is 32.2. The normalized spacial score (nSPS) is 20.1. The van der Waals surface area contributed by atoms with Crippen molar-refractivity contribution >= 4 is 15.9 Å². The van der Waals surface area contributed by atoms with Crippen LogP contribution in [0.25, 0.3) is 0 Å². The van der Waals surface area contributed by atoms with E-state index in [2.05, 4.69) is 5.32 Å². The SMILES string of the molecule is Cc1cc(C)cc(C(=O)NCC2CCN(S(=O)(=O)C3CC3)CC2)c1. The monoisotopic (exact) mass is 350 g/mol. The minimum atomic E-state index is -3.05. The van der Waals surface area contributed by atoms with Crippen LogP contribution in [0.3, 0.4) is 0 Å². The fraction of sp³-hybridized carbons (Fsp3) is 0.611. The third-order valence-corrected chi connectivity index (χ3v) is 7.31. The van der Waals surface area contributed by atoms with Gasteiger partial charge in [-0.05, 0) is 57.6 Å². The van der Waals surface area contributed by atoms with E-state index in [1.165, 1.54) is 0 Å². The van der Waals surface area contributed by atoms with Crippen molar-refractivity contribution in [3.63, 3.8) is 0 Å². The van der Waals surface area contributed by atoms with Gasteiger partial charge in [0.05, 0.1) is 5.25 Å². The van der Waals surface area contributed by atoms with Crippen molar-refractivity contribution in [1.29, 1.82) is 0 Å². The van der Waals surface area contributed by atoms with Gasteiger partial charge >= 0.3 is 0 Å². The number of hydrogen-bond donors (Lipinski definition) is 1. The third-order valence-electron chi connectivity index (χ3n) is 4.91. The summed E-state index contributed by atoms with van der Waals surface area (Å²) in [6.07, 6.45) is 3.26. The first-order valence-corrected chi connectivity index (χ1v) is 10.2. The van der Waals surface area contributed by atoms with E-state index >= 15 is 0 Å². The van der Waals surface area contributed by atoms with E-state index in [1.807, 2.05) is 32.0 Å². The van der Waals surface area contributed by atoms with Crippen LogP contribution >= 0.6 is 0 Å². The minimum absolute atomic E-state index is 0.0465. The van der Waals surface area contributed by atoms with Crippen LogP contribution in [0.5, 0.6) is 0 Å². The molecule has 3 rings (SSSR count). The molecule has 1 amide bonds. The lowest BCUT2D eigenvalue weighted by molar-refractivity contribution is 0.0941. The van der Waals surface area contributed by atoms with Crippen molar-refractivity contribution in [2.75, 3.05) is 19.6 Å². The Morgan fingerprint density at radius 2 is 1.67 bits per heavy atom. The second kappa shape index (κ2) is 6.84. The molecule has 1 aliphatic heterocycles. The van der Waals surface area contributed by atoms with Crippen LogP contribution in [0, 0.1) is 19.8 Å². The molecule has 132 valence electrons. The van der Waals surface area contributed by atoms with Gasteiger partial charge in [0.2, 0.25) is 10.0 Å². The van der Waals surface area contributed by atoms with Crippen molar-refractivity contribution in [3.05, 3.63) is 34.9 Å². The largest absolute Gasteiger partial charge is 0.352 e. The van der Waals surface area contributed by atoms with E-state index in [0.717, 1.165) is 36.8 Å². The summed E-state index contributed by atoms with van der Waals surface area (Å²) in [5.41, 5.74) is 2.86. The molecule has 1 aromatic carbocycles. The van der Waals surface area contributed by atoms with Crippen LogP contribution in [0.2, 0.25) is 0 Å². The summed E-state index contributed by atoms with van der Waals surface area (Å²) in [6.45, 7) is 5.76. The molecule has 1 aromatic rings. The molecule has 1 aliphatic carbocycles. The zero-order valence-corrected chi connectivity index (χ0v) is 15.2. The number of nitrogens with zero attached hydrogens (tertiary/aromatic N) is 1. The summed E-state index contributed by atoms with van der Waals surface area (Å²) in [4.78, 5) is 12.3. The average molecular weight is 350 g/mol. The van der Waals surface area contributed by atoms with Gasteiger partial charge in [0.15, 0.2) is 0 Å². The van der Waals surface area contributed by atoms with Crippen LogP contribution in [-0.4, -0.2) is 43.5 Å². The van der Waals surface area contributed by atoms with Gasteiger partial charge < -0.3 is 5.32 Å². The second-order valence-corrected chi connectivity index (χ2v) is 9.39. The van der Waals surface area contributed by atoms with Crippen LogP contribution in [-0.2, 0) is 10.0 Å². The molecule has 1 saturated heterocycles. The molecule has 0 spiro atoms. The summed E-state index contributed by atoms with van der Waals surface area (Å²) in [7, 11) is -3.05. The second-order valence-electron chi connectivity index (χ2n) is 7.17. The fourth-order valence-corrected chi connectivity index (χ4v) is 5.26. The smallest absolute Gasteiger partial charge is 0.251 e. The predicted molar refractivity (Wildman–Crippen MR) is 94.5 cm³/mol. The number of aryl methyl sites for hydroxylation is 2. The zero-order valence-electron chi connectivity index (χ0n) is 14.4. The lowest BCUT2D eigenvalue weighted by atomic mass is 9.98. The van der Waals surface area contributed by atoms with Crippen molar-refractivity contribution in [3.8, 4) is 0 Å². The molecule has 1 saturated carbocycles. The van der Waals surface area contributed by atoms with E-state index < -0.39 is 10.0 Å².